The lowest BCUT2D eigenvalue weighted by molar-refractivity contribution is 0.0697. The fourth-order valence-electron chi connectivity index (χ4n) is 2.87. The Hall–Kier alpha value is -3.12. The highest BCUT2D eigenvalue weighted by atomic mass is 35.5. The first kappa shape index (κ1) is 16.4. The van der Waals surface area contributed by atoms with Crippen molar-refractivity contribution in [3.8, 4) is 0 Å². The molecule has 0 amide bonds. The SMILES string of the molecule is Cc1cn2c(NCc3ccc(Cl)cc3)nc3cc(C(=O)O)ccc3c2n1. The Morgan fingerprint density at radius 2 is 1.96 bits per heavy atom. The van der Waals surface area contributed by atoms with Crippen molar-refractivity contribution in [1.29, 1.82) is 0 Å². The molecule has 0 aliphatic rings. The van der Waals surface area contributed by atoms with Gasteiger partial charge in [0.05, 0.1) is 16.8 Å². The molecule has 0 bridgehead atoms. The van der Waals surface area contributed by atoms with Crippen LogP contribution in [-0.4, -0.2) is 25.4 Å². The Morgan fingerprint density at radius 1 is 1.19 bits per heavy atom. The minimum absolute atomic E-state index is 0.196. The summed E-state index contributed by atoms with van der Waals surface area (Å²) in [5.41, 5.74) is 3.43. The largest absolute Gasteiger partial charge is 0.478 e. The lowest BCUT2D eigenvalue weighted by atomic mass is 10.1. The number of imidazole rings is 1. The van der Waals surface area contributed by atoms with Crippen LogP contribution in [0, 0.1) is 6.92 Å². The molecule has 6 nitrogen and oxygen atoms in total. The second-order valence-electron chi connectivity index (χ2n) is 6.03. The number of carboxylic acid groups (broad SMARTS) is 1. The van der Waals surface area contributed by atoms with Crippen LogP contribution in [0.1, 0.15) is 21.6 Å². The van der Waals surface area contributed by atoms with Crippen LogP contribution < -0.4 is 5.32 Å². The van der Waals surface area contributed by atoms with Gasteiger partial charge in [0.1, 0.15) is 5.65 Å². The van der Waals surface area contributed by atoms with Crippen LogP contribution in [0.25, 0.3) is 16.6 Å². The van der Waals surface area contributed by atoms with Gasteiger partial charge in [-0.15, -0.1) is 0 Å². The topological polar surface area (TPSA) is 79.5 Å². The van der Waals surface area contributed by atoms with Gasteiger partial charge in [0.25, 0.3) is 0 Å². The van der Waals surface area contributed by atoms with E-state index >= 15 is 0 Å². The van der Waals surface area contributed by atoms with Crippen molar-refractivity contribution in [3.05, 3.63) is 70.5 Å². The molecule has 0 saturated carbocycles. The van der Waals surface area contributed by atoms with Gasteiger partial charge in [-0.25, -0.2) is 14.8 Å². The fraction of sp³-hybridized carbons (Fsp3) is 0.105. The number of hydrogen-bond donors (Lipinski definition) is 2. The predicted octanol–water partition coefficient (Wildman–Crippen LogP) is 4.15. The molecule has 130 valence electrons. The van der Waals surface area contributed by atoms with E-state index < -0.39 is 5.97 Å². The third-order valence-corrected chi connectivity index (χ3v) is 4.38. The van der Waals surface area contributed by atoms with E-state index in [9.17, 15) is 9.90 Å². The van der Waals surface area contributed by atoms with Gasteiger partial charge in [-0.3, -0.25) is 4.40 Å². The number of carboxylic acids is 1. The van der Waals surface area contributed by atoms with Crippen molar-refractivity contribution in [1.82, 2.24) is 14.4 Å². The maximum Gasteiger partial charge on any atom is 0.335 e. The van der Waals surface area contributed by atoms with Gasteiger partial charge >= 0.3 is 5.97 Å². The Balaban J connectivity index is 1.80. The summed E-state index contributed by atoms with van der Waals surface area (Å²) >= 11 is 5.92. The molecule has 0 aliphatic heterocycles. The first-order valence-corrected chi connectivity index (χ1v) is 8.40. The molecule has 0 saturated heterocycles. The number of nitrogens with one attached hydrogen (secondary N) is 1. The number of halogens is 1. The smallest absolute Gasteiger partial charge is 0.335 e. The van der Waals surface area contributed by atoms with Crippen molar-refractivity contribution in [2.75, 3.05) is 5.32 Å². The molecular formula is C19H15ClN4O2. The molecule has 26 heavy (non-hydrogen) atoms. The number of hydrogen-bond acceptors (Lipinski definition) is 4. The van der Waals surface area contributed by atoms with E-state index in [1.54, 1.807) is 18.2 Å². The van der Waals surface area contributed by atoms with E-state index in [2.05, 4.69) is 15.3 Å². The van der Waals surface area contributed by atoms with E-state index in [0.29, 0.717) is 23.0 Å². The molecule has 0 radical (unpaired) electrons. The molecule has 0 aliphatic carbocycles. The van der Waals surface area contributed by atoms with Crippen LogP contribution in [0.4, 0.5) is 5.95 Å². The molecule has 0 fully saturated rings. The molecule has 0 atom stereocenters. The molecule has 2 N–H and O–H groups in total. The monoisotopic (exact) mass is 366 g/mol. The minimum atomic E-state index is -0.983. The number of benzene rings is 2. The minimum Gasteiger partial charge on any atom is -0.478 e. The highest BCUT2D eigenvalue weighted by Gasteiger charge is 2.13. The second-order valence-corrected chi connectivity index (χ2v) is 6.46. The lowest BCUT2D eigenvalue weighted by Crippen LogP contribution is -2.07. The number of carbonyl (C=O) groups is 1. The Morgan fingerprint density at radius 3 is 2.69 bits per heavy atom. The molecule has 2 aromatic carbocycles. The van der Waals surface area contributed by atoms with Crippen molar-refractivity contribution in [3.63, 3.8) is 0 Å². The number of anilines is 1. The average molecular weight is 367 g/mol. The van der Waals surface area contributed by atoms with Crippen LogP contribution in [-0.2, 0) is 6.54 Å². The van der Waals surface area contributed by atoms with Gasteiger partial charge in [0, 0.05) is 23.2 Å². The number of fused-ring (bicyclic) bond motifs is 3. The maximum absolute atomic E-state index is 11.3. The normalized spacial score (nSPS) is 11.2. The van der Waals surface area contributed by atoms with Gasteiger partial charge in [-0.2, -0.15) is 0 Å². The van der Waals surface area contributed by atoms with Gasteiger partial charge in [0.2, 0.25) is 5.95 Å². The second kappa shape index (κ2) is 6.31. The standard InChI is InChI=1S/C19H15ClN4O2/c1-11-10-24-17(22-11)15-7-4-13(18(25)26)8-16(15)23-19(24)21-9-12-2-5-14(20)6-3-12/h2-8,10H,9H2,1H3,(H,21,23)(H,25,26). The van der Waals surface area contributed by atoms with Crippen molar-refractivity contribution in [2.24, 2.45) is 0 Å². The van der Waals surface area contributed by atoms with Gasteiger partial charge in [-0.1, -0.05) is 23.7 Å². The van der Waals surface area contributed by atoms with Crippen LogP contribution in [0.5, 0.6) is 0 Å². The quantitative estimate of drug-likeness (QED) is 0.567. The Bertz CT molecular complexity index is 1140. The molecule has 4 aromatic rings. The first-order valence-electron chi connectivity index (χ1n) is 8.02. The van der Waals surface area contributed by atoms with Crippen LogP contribution >= 0.6 is 11.6 Å². The summed E-state index contributed by atoms with van der Waals surface area (Å²) in [6.07, 6.45) is 1.90. The van der Waals surface area contributed by atoms with Crippen LogP contribution in [0.3, 0.4) is 0 Å². The lowest BCUT2D eigenvalue weighted by Gasteiger charge is -2.10. The van der Waals surface area contributed by atoms with Crippen LogP contribution in [0.2, 0.25) is 5.02 Å². The fourth-order valence-corrected chi connectivity index (χ4v) is 3.00. The van der Waals surface area contributed by atoms with Gasteiger partial charge in [-0.05, 0) is 42.8 Å². The zero-order valence-electron chi connectivity index (χ0n) is 13.9. The van der Waals surface area contributed by atoms with Crippen LogP contribution in [0.15, 0.2) is 48.7 Å². The van der Waals surface area contributed by atoms with Gasteiger partial charge in [0.15, 0.2) is 0 Å². The first-order chi connectivity index (χ1) is 12.5. The summed E-state index contributed by atoms with van der Waals surface area (Å²) in [6.45, 7) is 2.47. The molecule has 0 spiro atoms. The highest BCUT2D eigenvalue weighted by molar-refractivity contribution is 6.30. The van der Waals surface area contributed by atoms with E-state index in [1.165, 1.54) is 0 Å². The molecule has 0 unspecified atom stereocenters. The Kier molecular flexibility index (Phi) is 3.97. The zero-order chi connectivity index (χ0) is 18.3. The Labute approximate surface area is 154 Å². The van der Waals surface area contributed by atoms with Crippen molar-refractivity contribution in [2.45, 2.75) is 13.5 Å². The summed E-state index contributed by atoms with van der Waals surface area (Å²) in [5, 5.41) is 14.0. The van der Waals surface area contributed by atoms with Gasteiger partial charge < -0.3 is 10.4 Å². The van der Waals surface area contributed by atoms with E-state index in [0.717, 1.165) is 22.3 Å². The molecule has 4 rings (SSSR count). The average Bonchev–Trinajstić information content (AvgIpc) is 3.02. The number of aromatic carboxylic acids is 1. The third-order valence-electron chi connectivity index (χ3n) is 4.13. The zero-order valence-corrected chi connectivity index (χ0v) is 14.7. The predicted molar refractivity (Wildman–Crippen MR) is 101 cm³/mol. The molecule has 2 heterocycles. The molecule has 2 aromatic heterocycles. The highest BCUT2D eigenvalue weighted by Crippen LogP contribution is 2.23. The number of aromatic nitrogens is 3. The summed E-state index contributed by atoms with van der Waals surface area (Å²) in [6, 6.07) is 12.4. The summed E-state index contributed by atoms with van der Waals surface area (Å²) < 4.78 is 1.88. The molecule has 7 heteroatoms. The van der Waals surface area contributed by atoms with Crippen molar-refractivity contribution < 1.29 is 9.90 Å². The summed E-state index contributed by atoms with van der Waals surface area (Å²) in [5.74, 6) is -0.380. The molecular weight excluding hydrogens is 352 g/mol. The van der Waals surface area contributed by atoms with Crippen molar-refractivity contribution >= 4 is 40.1 Å². The summed E-state index contributed by atoms with van der Waals surface area (Å²) in [7, 11) is 0. The number of rotatable bonds is 4. The van der Waals surface area contributed by atoms with E-state index in [4.69, 9.17) is 11.6 Å². The summed E-state index contributed by atoms with van der Waals surface area (Å²) in [4.78, 5) is 20.4. The van der Waals surface area contributed by atoms with E-state index in [1.807, 2.05) is 41.8 Å². The van der Waals surface area contributed by atoms with E-state index in [-0.39, 0.29) is 5.56 Å². The number of aryl methyl sites for hydroxylation is 1. The number of nitrogens with zero attached hydrogens (tertiary/aromatic N) is 3. The third kappa shape index (κ3) is 2.95. The maximum atomic E-state index is 11.3.